The van der Waals surface area contributed by atoms with Gasteiger partial charge in [-0.25, -0.2) is 9.61 Å². The molecule has 0 fully saturated rings. The van der Waals surface area contributed by atoms with Crippen molar-refractivity contribution in [2.24, 2.45) is 5.10 Å². The minimum absolute atomic E-state index is 0.0105. The molecule has 2 aromatic heterocycles. The molecule has 3 N–H and O–H groups in total. The second-order valence-corrected chi connectivity index (χ2v) is 6.70. The lowest BCUT2D eigenvalue weighted by atomic mass is 10.2. The molecule has 0 saturated carbocycles. The summed E-state index contributed by atoms with van der Waals surface area (Å²) < 4.78 is 9.73. The topological polar surface area (TPSA) is 131 Å². The Hall–Kier alpha value is -3.63. The van der Waals surface area contributed by atoms with Crippen molar-refractivity contribution < 1.29 is 14.5 Å². The Morgan fingerprint density at radius 2 is 1.80 bits per heavy atom. The fourth-order valence-electron chi connectivity index (χ4n) is 2.44. The predicted molar refractivity (Wildman–Crippen MR) is 113 cm³/mol. The third kappa shape index (κ3) is 4.19. The maximum absolute atomic E-state index is 10.0. The van der Waals surface area contributed by atoms with Gasteiger partial charge in [0.25, 0.3) is 0 Å². The van der Waals surface area contributed by atoms with E-state index in [1.807, 2.05) is 0 Å². The molecule has 0 aliphatic rings. The van der Waals surface area contributed by atoms with Crippen molar-refractivity contribution in [1.29, 1.82) is 0 Å². The Morgan fingerprint density at radius 1 is 1.03 bits per heavy atom. The molecule has 0 unspecified atom stereocenters. The van der Waals surface area contributed by atoms with E-state index < -0.39 is 0 Å². The van der Waals surface area contributed by atoms with Crippen LogP contribution < -0.4 is 15.5 Å². The van der Waals surface area contributed by atoms with Gasteiger partial charge in [-0.15, -0.1) is 0 Å². The van der Waals surface area contributed by atoms with Crippen molar-refractivity contribution in [1.82, 2.24) is 20.3 Å². The van der Waals surface area contributed by atoms with Crippen molar-refractivity contribution in [3.8, 4) is 11.5 Å². The number of halogens is 2. The number of aromatic hydroxyl groups is 1. The summed E-state index contributed by atoms with van der Waals surface area (Å²) in [5, 5.41) is 25.4. The van der Waals surface area contributed by atoms with Gasteiger partial charge in [0.05, 0.1) is 23.4 Å². The number of nitrogens with zero attached hydrogens (tertiary/aromatic N) is 5. The van der Waals surface area contributed by atoms with E-state index in [1.165, 1.54) is 19.4 Å². The van der Waals surface area contributed by atoms with E-state index in [2.05, 4.69) is 40.8 Å². The van der Waals surface area contributed by atoms with Gasteiger partial charge in [0.15, 0.2) is 11.6 Å². The molecule has 30 heavy (non-hydrogen) atoms. The van der Waals surface area contributed by atoms with Gasteiger partial charge >= 0.3 is 0 Å². The van der Waals surface area contributed by atoms with Gasteiger partial charge in [-0.1, -0.05) is 23.2 Å². The molecule has 10 nitrogen and oxygen atoms in total. The van der Waals surface area contributed by atoms with E-state index >= 15 is 0 Å². The fraction of sp³-hybridized carbons (Fsp3) is 0.0556. The molecular formula is C18H13Cl2N7O3. The first-order valence-electron chi connectivity index (χ1n) is 8.42. The molecule has 0 radical (unpaired) electrons. The number of ether oxygens (including phenoxy) is 1. The number of phenolic OH excluding ortho intramolecular Hbond substituents is 1. The molecular weight excluding hydrogens is 433 g/mol. The van der Waals surface area contributed by atoms with Gasteiger partial charge in [-0.05, 0) is 40.6 Å². The maximum Gasteiger partial charge on any atom is 0.245 e. The van der Waals surface area contributed by atoms with Crippen LogP contribution in [0.15, 0.2) is 46.1 Å². The average molecular weight is 446 g/mol. The first-order chi connectivity index (χ1) is 14.5. The van der Waals surface area contributed by atoms with E-state index in [-0.39, 0.29) is 22.9 Å². The molecule has 2 aromatic carbocycles. The van der Waals surface area contributed by atoms with E-state index in [0.29, 0.717) is 32.9 Å². The van der Waals surface area contributed by atoms with Crippen LogP contribution in [0.25, 0.3) is 11.3 Å². The Bertz CT molecular complexity index is 1250. The minimum atomic E-state index is 0.0105. The summed E-state index contributed by atoms with van der Waals surface area (Å²) in [6, 6.07) is 9.85. The molecule has 4 aromatic rings. The monoisotopic (exact) mass is 445 g/mol. The van der Waals surface area contributed by atoms with E-state index in [0.717, 1.165) is 0 Å². The number of methoxy groups -OCH3 is 1. The SMILES string of the molecule is COc1ccc(C=NNc2nc3nonc3nc2Nc2ccc(Cl)c(Cl)c2)c(O)c1. The van der Waals surface area contributed by atoms with Crippen LogP contribution in [0.2, 0.25) is 10.0 Å². The van der Waals surface area contributed by atoms with Crippen LogP contribution in [-0.2, 0) is 0 Å². The average Bonchev–Trinajstić information content (AvgIpc) is 3.19. The summed E-state index contributed by atoms with van der Waals surface area (Å²) in [7, 11) is 1.51. The van der Waals surface area contributed by atoms with Gasteiger partial charge in [-0.2, -0.15) is 10.1 Å². The highest BCUT2D eigenvalue weighted by Crippen LogP contribution is 2.29. The van der Waals surface area contributed by atoms with Gasteiger partial charge in [0.1, 0.15) is 11.5 Å². The van der Waals surface area contributed by atoms with E-state index in [9.17, 15) is 5.11 Å². The van der Waals surface area contributed by atoms with Crippen LogP contribution in [0.3, 0.4) is 0 Å². The number of fused-ring (bicyclic) bond motifs is 1. The highest BCUT2D eigenvalue weighted by molar-refractivity contribution is 6.42. The van der Waals surface area contributed by atoms with Crippen LogP contribution >= 0.6 is 23.2 Å². The zero-order chi connectivity index (χ0) is 21.1. The number of hydrogen-bond acceptors (Lipinski definition) is 10. The molecule has 0 saturated heterocycles. The molecule has 0 atom stereocenters. The van der Waals surface area contributed by atoms with Crippen LogP contribution in [0.5, 0.6) is 11.5 Å². The minimum Gasteiger partial charge on any atom is -0.507 e. The number of phenols is 1. The second-order valence-electron chi connectivity index (χ2n) is 5.88. The van der Waals surface area contributed by atoms with Crippen LogP contribution in [0, 0.1) is 0 Å². The number of nitrogens with one attached hydrogen (secondary N) is 2. The zero-order valence-corrected chi connectivity index (χ0v) is 16.8. The highest BCUT2D eigenvalue weighted by Gasteiger charge is 2.13. The standard InChI is InChI=1S/C18H13Cl2N7O3/c1-29-11-4-2-9(14(28)7-11)8-21-25-16-15(23-17-18(24-16)27-30-26-17)22-10-3-5-12(19)13(20)6-10/h2-8,28H,1H3,(H,22,23,26)(H,24,25,27). The Kier molecular flexibility index (Phi) is 5.50. The summed E-state index contributed by atoms with van der Waals surface area (Å²) in [5.41, 5.74) is 4.26. The molecule has 0 amide bonds. The Morgan fingerprint density at radius 3 is 2.50 bits per heavy atom. The van der Waals surface area contributed by atoms with E-state index in [1.54, 1.807) is 30.3 Å². The predicted octanol–water partition coefficient (Wildman–Crippen LogP) is 4.22. The summed E-state index contributed by atoms with van der Waals surface area (Å²) in [4.78, 5) is 8.62. The lowest BCUT2D eigenvalue weighted by Crippen LogP contribution is -2.03. The van der Waals surface area contributed by atoms with Gasteiger partial charge in [0.2, 0.25) is 11.3 Å². The van der Waals surface area contributed by atoms with Crippen molar-refractivity contribution in [2.75, 3.05) is 17.9 Å². The van der Waals surface area contributed by atoms with Crippen molar-refractivity contribution in [2.45, 2.75) is 0 Å². The third-order valence-electron chi connectivity index (χ3n) is 3.91. The summed E-state index contributed by atoms with van der Waals surface area (Å²) >= 11 is 12.0. The number of benzene rings is 2. The van der Waals surface area contributed by atoms with Gasteiger partial charge < -0.3 is 15.2 Å². The lowest BCUT2D eigenvalue weighted by Gasteiger charge is -2.10. The number of hydrazone groups is 1. The van der Waals surface area contributed by atoms with Crippen LogP contribution in [0.1, 0.15) is 5.56 Å². The first kappa shape index (κ1) is 19.7. The number of aromatic nitrogens is 4. The molecule has 4 rings (SSSR count). The molecule has 0 spiro atoms. The van der Waals surface area contributed by atoms with E-state index in [4.69, 9.17) is 27.9 Å². The Balaban J connectivity index is 1.62. The molecule has 0 aliphatic carbocycles. The van der Waals surface area contributed by atoms with Crippen LogP contribution in [0.4, 0.5) is 17.3 Å². The largest absolute Gasteiger partial charge is 0.507 e. The zero-order valence-electron chi connectivity index (χ0n) is 15.3. The fourth-order valence-corrected chi connectivity index (χ4v) is 2.73. The van der Waals surface area contributed by atoms with Gasteiger partial charge in [-0.3, -0.25) is 5.43 Å². The number of hydrogen-bond donors (Lipinski definition) is 3. The second kappa shape index (κ2) is 8.39. The lowest BCUT2D eigenvalue weighted by molar-refractivity contribution is 0.314. The molecule has 152 valence electrons. The summed E-state index contributed by atoms with van der Waals surface area (Å²) in [6.45, 7) is 0. The highest BCUT2D eigenvalue weighted by atomic mass is 35.5. The van der Waals surface area contributed by atoms with Crippen molar-refractivity contribution >= 4 is 58.0 Å². The normalized spacial score (nSPS) is 11.2. The summed E-state index contributed by atoms with van der Waals surface area (Å²) in [5.74, 6) is 1.08. The quantitative estimate of drug-likeness (QED) is 0.294. The maximum atomic E-state index is 10.0. The van der Waals surface area contributed by atoms with Crippen molar-refractivity contribution in [3.63, 3.8) is 0 Å². The van der Waals surface area contributed by atoms with Crippen molar-refractivity contribution in [3.05, 3.63) is 52.0 Å². The summed E-state index contributed by atoms with van der Waals surface area (Å²) in [6.07, 6.45) is 1.42. The smallest absolute Gasteiger partial charge is 0.245 e. The Labute approximate surface area is 179 Å². The number of anilines is 3. The van der Waals surface area contributed by atoms with Crippen LogP contribution in [-0.4, -0.2) is 38.7 Å². The number of rotatable bonds is 6. The molecule has 2 heterocycles. The molecule has 0 bridgehead atoms. The first-order valence-corrected chi connectivity index (χ1v) is 9.17. The molecule has 0 aliphatic heterocycles. The van der Waals surface area contributed by atoms with Gasteiger partial charge in [0, 0.05) is 17.3 Å². The molecule has 12 heteroatoms. The third-order valence-corrected chi connectivity index (χ3v) is 4.65.